The quantitative estimate of drug-likeness (QED) is 0.810. The van der Waals surface area contributed by atoms with Gasteiger partial charge in [0.2, 0.25) is 10.0 Å². The average molecular weight is 426 g/mol. The summed E-state index contributed by atoms with van der Waals surface area (Å²) < 4.78 is 50.4. The second-order valence-corrected chi connectivity index (χ2v) is 8.61. The van der Waals surface area contributed by atoms with Crippen LogP contribution in [-0.4, -0.2) is 34.8 Å². The van der Waals surface area contributed by atoms with Crippen molar-refractivity contribution in [1.82, 2.24) is 4.72 Å². The van der Waals surface area contributed by atoms with Crippen molar-refractivity contribution >= 4 is 21.6 Å². The Labute approximate surface area is 168 Å². The van der Waals surface area contributed by atoms with Crippen LogP contribution in [0.2, 0.25) is 5.02 Å². The molecule has 0 radical (unpaired) electrons. The monoisotopic (exact) mass is 425 g/mol. The van der Waals surface area contributed by atoms with Crippen LogP contribution in [0.15, 0.2) is 35.2 Å². The van der Waals surface area contributed by atoms with E-state index in [-0.39, 0.29) is 11.4 Å². The molecule has 0 saturated heterocycles. The first kappa shape index (κ1) is 19.2. The van der Waals surface area contributed by atoms with E-state index in [0.717, 1.165) is 12.8 Å². The lowest BCUT2D eigenvalue weighted by Gasteiger charge is -2.13. The van der Waals surface area contributed by atoms with Crippen molar-refractivity contribution in [3.05, 3.63) is 40.9 Å². The molecule has 28 heavy (non-hydrogen) atoms. The van der Waals surface area contributed by atoms with Crippen molar-refractivity contribution < 1.29 is 27.4 Å². The van der Waals surface area contributed by atoms with Crippen LogP contribution in [-0.2, 0) is 16.6 Å². The van der Waals surface area contributed by atoms with Crippen LogP contribution in [0.1, 0.15) is 18.4 Å². The molecule has 0 fully saturated rings. The fraction of sp³-hybridized carbons (Fsp3) is 0.368. The Bertz CT molecular complexity index is 979. The van der Waals surface area contributed by atoms with Gasteiger partial charge < -0.3 is 18.9 Å². The van der Waals surface area contributed by atoms with Crippen molar-refractivity contribution in [2.75, 3.05) is 26.4 Å². The second-order valence-electron chi connectivity index (χ2n) is 6.44. The Morgan fingerprint density at radius 2 is 1.54 bits per heavy atom. The Balaban J connectivity index is 1.52. The number of hydrogen-bond donors (Lipinski definition) is 1. The molecule has 150 valence electrons. The molecule has 0 amide bonds. The largest absolute Gasteiger partial charge is 0.490 e. The molecule has 4 rings (SSSR count). The zero-order chi connectivity index (χ0) is 19.6. The minimum Gasteiger partial charge on any atom is -0.490 e. The maximum Gasteiger partial charge on any atom is 0.241 e. The Kier molecular flexibility index (Phi) is 5.52. The molecule has 0 spiro atoms. The molecule has 0 unspecified atom stereocenters. The summed E-state index contributed by atoms with van der Waals surface area (Å²) in [5.41, 5.74) is 0.673. The summed E-state index contributed by atoms with van der Waals surface area (Å²) in [4.78, 5) is 0.109. The van der Waals surface area contributed by atoms with Crippen molar-refractivity contribution in [3.8, 4) is 23.0 Å². The van der Waals surface area contributed by atoms with E-state index in [0.29, 0.717) is 60.0 Å². The van der Waals surface area contributed by atoms with Gasteiger partial charge in [-0.05, 0) is 29.8 Å². The van der Waals surface area contributed by atoms with E-state index in [4.69, 9.17) is 30.5 Å². The molecule has 0 saturated carbocycles. The maximum absolute atomic E-state index is 12.7. The van der Waals surface area contributed by atoms with Crippen molar-refractivity contribution in [1.29, 1.82) is 0 Å². The Morgan fingerprint density at radius 3 is 2.32 bits per heavy atom. The highest BCUT2D eigenvalue weighted by Crippen LogP contribution is 2.38. The first-order valence-corrected chi connectivity index (χ1v) is 10.9. The summed E-state index contributed by atoms with van der Waals surface area (Å²) in [6, 6.07) is 8.00. The molecular formula is C19H20ClNO6S. The third-order valence-electron chi connectivity index (χ3n) is 4.36. The van der Waals surface area contributed by atoms with Gasteiger partial charge in [0.25, 0.3) is 0 Å². The summed E-state index contributed by atoms with van der Waals surface area (Å²) in [6.07, 6.45) is 1.51. The van der Waals surface area contributed by atoms with Gasteiger partial charge in [0.15, 0.2) is 23.0 Å². The van der Waals surface area contributed by atoms with E-state index in [1.54, 1.807) is 18.2 Å². The maximum atomic E-state index is 12.7. The Hall–Kier alpha value is -2.16. The van der Waals surface area contributed by atoms with Gasteiger partial charge in [0.1, 0.15) is 0 Å². The molecule has 2 aromatic rings. The number of fused-ring (bicyclic) bond motifs is 2. The number of ether oxygens (including phenoxy) is 4. The summed E-state index contributed by atoms with van der Waals surface area (Å²) in [5.74, 6) is 1.99. The van der Waals surface area contributed by atoms with Crippen LogP contribution in [0.3, 0.4) is 0 Å². The third kappa shape index (κ3) is 4.14. The van der Waals surface area contributed by atoms with Crippen LogP contribution in [0.4, 0.5) is 0 Å². The second kappa shape index (κ2) is 8.06. The van der Waals surface area contributed by atoms with E-state index in [1.165, 1.54) is 12.1 Å². The lowest BCUT2D eigenvalue weighted by Crippen LogP contribution is -2.23. The SMILES string of the molecule is O=S(=O)(NCc1cc(Cl)c2c(c1)OCCCO2)c1ccc2c(c1)OCCCO2. The summed E-state index contributed by atoms with van der Waals surface area (Å²) in [6.45, 7) is 2.15. The minimum absolute atomic E-state index is 0.0626. The zero-order valence-electron chi connectivity index (χ0n) is 15.1. The zero-order valence-corrected chi connectivity index (χ0v) is 16.6. The molecule has 9 heteroatoms. The fourth-order valence-electron chi connectivity index (χ4n) is 2.96. The van der Waals surface area contributed by atoms with Crippen LogP contribution in [0, 0.1) is 0 Å². The first-order chi connectivity index (χ1) is 13.5. The molecule has 2 aliphatic heterocycles. The van der Waals surface area contributed by atoms with E-state index in [9.17, 15) is 8.42 Å². The van der Waals surface area contributed by atoms with Gasteiger partial charge in [-0.3, -0.25) is 0 Å². The van der Waals surface area contributed by atoms with Gasteiger partial charge in [-0.25, -0.2) is 13.1 Å². The highest BCUT2D eigenvalue weighted by atomic mass is 35.5. The highest BCUT2D eigenvalue weighted by molar-refractivity contribution is 7.89. The molecule has 2 aromatic carbocycles. The van der Waals surface area contributed by atoms with Crippen molar-refractivity contribution in [2.45, 2.75) is 24.3 Å². The van der Waals surface area contributed by atoms with E-state index in [2.05, 4.69) is 4.72 Å². The highest BCUT2D eigenvalue weighted by Gasteiger charge is 2.20. The first-order valence-electron chi connectivity index (χ1n) is 9.00. The normalized spacial score (nSPS) is 16.2. The van der Waals surface area contributed by atoms with Gasteiger partial charge in [-0.15, -0.1) is 0 Å². The summed E-state index contributed by atoms with van der Waals surface area (Å²) in [7, 11) is -3.75. The Morgan fingerprint density at radius 1 is 0.857 bits per heavy atom. The van der Waals surface area contributed by atoms with Crippen LogP contribution in [0.5, 0.6) is 23.0 Å². The lowest BCUT2D eigenvalue weighted by molar-refractivity contribution is 0.296. The molecule has 1 N–H and O–H groups in total. The number of halogens is 1. The summed E-state index contributed by atoms with van der Waals surface area (Å²) in [5, 5.41) is 0.393. The number of benzene rings is 2. The van der Waals surface area contributed by atoms with E-state index >= 15 is 0 Å². The van der Waals surface area contributed by atoms with Gasteiger partial charge in [0, 0.05) is 25.5 Å². The number of sulfonamides is 1. The predicted molar refractivity (Wildman–Crippen MR) is 103 cm³/mol. The van der Waals surface area contributed by atoms with Gasteiger partial charge in [-0.1, -0.05) is 11.6 Å². The molecule has 7 nitrogen and oxygen atoms in total. The van der Waals surface area contributed by atoms with Gasteiger partial charge in [-0.2, -0.15) is 0 Å². The smallest absolute Gasteiger partial charge is 0.241 e. The van der Waals surface area contributed by atoms with Crippen LogP contribution in [0.25, 0.3) is 0 Å². The topological polar surface area (TPSA) is 83.1 Å². The number of hydrogen-bond acceptors (Lipinski definition) is 6. The van der Waals surface area contributed by atoms with E-state index in [1.807, 2.05) is 0 Å². The predicted octanol–water partition coefficient (Wildman–Crippen LogP) is 3.14. The molecule has 2 heterocycles. The van der Waals surface area contributed by atoms with Gasteiger partial charge in [0.05, 0.1) is 36.3 Å². The molecule has 0 bridgehead atoms. The molecule has 0 aliphatic carbocycles. The summed E-state index contributed by atoms with van der Waals surface area (Å²) >= 11 is 6.27. The van der Waals surface area contributed by atoms with Crippen LogP contribution < -0.4 is 23.7 Å². The standard InChI is InChI=1S/C19H20ClNO6S/c20-15-9-13(10-18-19(15)27-8-2-7-26-18)12-21-28(22,23)14-3-4-16-17(11-14)25-6-1-5-24-16/h3-4,9-11,21H,1-2,5-8,12H2. The molecule has 0 atom stereocenters. The van der Waals surface area contributed by atoms with Gasteiger partial charge >= 0.3 is 0 Å². The third-order valence-corrected chi connectivity index (χ3v) is 6.04. The van der Waals surface area contributed by atoms with Crippen LogP contribution >= 0.6 is 11.6 Å². The number of rotatable bonds is 4. The number of nitrogens with one attached hydrogen (secondary N) is 1. The van der Waals surface area contributed by atoms with Crippen molar-refractivity contribution in [2.24, 2.45) is 0 Å². The molecule has 2 aliphatic rings. The minimum atomic E-state index is -3.75. The fourth-order valence-corrected chi connectivity index (χ4v) is 4.28. The molecular weight excluding hydrogens is 406 g/mol. The van der Waals surface area contributed by atoms with Crippen molar-refractivity contribution in [3.63, 3.8) is 0 Å². The van der Waals surface area contributed by atoms with E-state index < -0.39 is 10.0 Å². The molecule has 0 aromatic heterocycles. The lowest BCUT2D eigenvalue weighted by atomic mass is 10.2. The average Bonchev–Trinajstić information content (AvgIpc) is 3.06.